The molecule has 116 valence electrons. The largest absolute Gasteiger partial charge is 0.484 e. The average molecular weight is 299 g/mol. The van der Waals surface area contributed by atoms with Crippen molar-refractivity contribution in [2.75, 3.05) is 11.9 Å². The highest BCUT2D eigenvalue weighted by atomic mass is 16.5. The first-order valence-electron chi connectivity index (χ1n) is 7.20. The van der Waals surface area contributed by atoms with E-state index >= 15 is 0 Å². The van der Waals surface area contributed by atoms with Gasteiger partial charge in [-0.3, -0.25) is 4.79 Å². The van der Waals surface area contributed by atoms with Gasteiger partial charge in [-0.1, -0.05) is 29.8 Å². The maximum absolute atomic E-state index is 12.0. The third-order valence-corrected chi connectivity index (χ3v) is 3.39. The minimum Gasteiger partial charge on any atom is -0.484 e. The van der Waals surface area contributed by atoms with Crippen molar-refractivity contribution in [2.45, 2.75) is 27.4 Å². The van der Waals surface area contributed by atoms with Crippen molar-refractivity contribution in [1.82, 2.24) is 0 Å². The van der Waals surface area contributed by atoms with E-state index in [1.54, 1.807) is 24.3 Å². The molecule has 0 aromatic heterocycles. The lowest BCUT2D eigenvalue weighted by Gasteiger charge is -2.13. The zero-order valence-electron chi connectivity index (χ0n) is 13.1. The molecule has 0 spiro atoms. The Balaban J connectivity index is 1.99. The van der Waals surface area contributed by atoms with E-state index in [4.69, 9.17) is 9.84 Å². The highest BCUT2D eigenvalue weighted by Gasteiger charge is 2.09. The van der Waals surface area contributed by atoms with Crippen molar-refractivity contribution in [3.8, 4) is 5.75 Å². The van der Waals surface area contributed by atoms with E-state index in [2.05, 4.69) is 5.32 Å². The number of amides is 1. The number of aliphatic hydroxyl groups excluding tert-OH is 1. The third kappa shape index (κ3) is 4.09. The third-order valence-electron chi connectivity index (χ3n) is 3.39. The first-order valence-corrected chi connectivity index (χ1v) is 7.20. The van der Waals surface area contributed by atoms with E-state index in [9.17, 15) is 4.79 Å². The van der Waals surface area contributed by atoms with Crippen molar-refractivity contribution in [2.24, 2.45) is 0 Å². The van der Waals surface area contributed by atoms with Gasteiger partial charge in [0.1, 0.15) is 5.75 Å². The second-order valence-corrected chi connectivity index (χ2v) is 5.42. The number of aliphatic hydroxyl groups is 1. The lowest BCUT2D eigenvalue weighted by atomic mass is 10.1. The summed E-state index contributed by atoms with van der Waals surface area (Å²) in [5.74, 6) is 0.364. The first kappa shape index (κ1) is 16.0. The predicted octanol–water partition coefficient (Wildman–Crippen LogP) is 3.12. The fourth-order valence-electron chi connectivity index (χ4n) is 2.44. The molecule has 4 heteroatoms. The van der Waals surface area contributed by atoms with Crippen LogP contribution in [-0.4, -0.2) is 17.6 Å². The van der Waals surface area contributed by atoms with Crippen molar-refractivity contribution in [3.05, 3.63) is 58.7 Å². The standard InChI is InChI=1S/C18H21NO3/c1-12-7-13(2)18(14(3)8-12)19-17(21)11-22-16-6-4-5-15(9-16)10-20/h4-9,20H,10-11H2,1-3H3,(H,19,21). The van der Waals surface area contributed by atoms with E-state index in [1.165, 1.54) is 5.56 Å². The van der Waals surface area contributed by atoms with Crippen LogP contribution >= 0.6 is 0 Å². The Morgan fingerprint density at radius 2 is 1.82 bits per heavy atom. The Morgan fingerprint density at radius 3 is 2.45 bits per heavy atom. The molecule has 0 saturated carbocycles. The van der Waals surface area contributed by atoms with Crippen LogP contribution in [0.25, 0.3) is 0 Å². The van der Waals surface area contributed by atoms with Gasteiger partial charge >= 0.3 is 0 Å². The zero-order chi connectivity index (χ0) is 16.1. The highest BCUT2D eigenvalue weighted by molar-refractivity contribution is 5.93. The van der Waals surface area contributed by atoms with Crippen LogP contribution in [0.2, 0.25) is 0 Å². The second kappa shape index (κ2) is 7.09. The van der Waals surface area contributed by atoms with E-state index in [0.717, 1.165) is 22.4 Å². The van der Waals surface area contributed by atoms with Gasteiger partial charge in [-0.05, 0) is 49.6 Å². The van der Waals surface area contributed by atoms with Crippen LogP contribution in [-0.2, 0) is 11.4 Å². The molecule has 2 N–H and O–H groups in total. The summed E-state index contributed by atoms with van der Waals surface area (Å²) in [6.07, 6.45) is 0. The molecule has 0 bridgehead atoms. The normalized spacial score (nSPS) is 10.4. The molecule has 1 amide bonds. The molecule has 0 heterocycles. The SMILES string of the molecule is Cc1cc(C)c(NC(=O)COc2cccc(CO)c2)c(C)c1. The maximum Gasteiger partial charge on any atom is 0.262 e. The van der Waals surface area contributed by atoms with Gasteiger partial charge < -0.3 is 15.2 Å². The molecule has 0 unspecified atom stereocenters. The van der Waals surface area contributed by atoms with Crippen LogP contribution in [0.1, 0.15) is 22.3 Å². The number of nitrogens with one attached hydrogen (secondary N) is 1. The molecule has 2 aromatic carbocycles. The topological polar surface area (TPSA) is 58.6 Å². The Labute approximate surface area is 130 Å². The number of ether oxygens (including phenoxy) is 1. The number of aryl methyl sites for hydroxylation is 3. The van der Waals surface area contributed by atoms with Gasteiger partial charge in [0.15, 0.2) is 6.61 Å². The summed E-state index contributed by atoms with van der Waals surface area (Å²) < 4.78 is 5.46. The molecule has 2 rings (SSSR count). The van der Waals surface area contributed by atoms with Crippen LogP contribution in [0.15, 0.2) is 36.4 Å². The zero-order valence-corrected chi connectivity index (χ0v) is 13.1. The first-order chi connectivity index (χ1) is 10.5. The summed E-state index contributed by atoms with van der Waals surface area (Å²) >= 11 is 0. The molecular formula is C18H21NO3. The number of benzene rings is 2. The fourth-order valence-corrected chi connectivity index (χ4v) is 2.44. The second-order valence-electron chi connectivity index (χ2n) is 5.42. The molecular weight excluding hydrogens is 278 g/mol. The summed E-state index contributed by atoms with van der Waals surface area (Å²) in [6.45, 7) is 5.86. The van der Waals surface area contributed by atoms with Crippen LogP contribution < -0.4 is 10.1 Å². The molecule has 22 heavy (non-hydrogen) atoms. The Morgan fingerprint density at radius 1 is 1.14 bits per heavy atom. The van der Waals surface area contributed by atoms with Gasteiger partial charge in [0.25, 0.3) is 5.91 Å². The lowest BCUT2D eigenvalue weighted by Crippen LogP contribution is -2.21. The van der Waals surface area contributed by atoms with Gasteiger partial charge in [-0.15, -0.1) is 0 Å². The van der Waals surface area contributed by atoms with Crippen LogP contribution in [0, 0.1) is 20.8 Å². The van der Waals surface area contributed by atoms with Crippen molar-refractivity contribution < 1.29 is 14.6 Å². The minimum atomic E-state index is -0.204. The number of hydrogen-bond donors (Lipinski definition) is 2. The fraction of sp³-hybridized carbons (Fsp3) is 0.278. The van der Waals surface area contributed by atoms with Crippen LogP contribution in [0.5, 0.6) is 5.75 Å². The lowest BCUT2D eigenvalue weighted by molar-refractivity contribution is -0.118. The van der Waals surface area contributed by atoms with E-state index in [-0.39, 0.29) is 19.1 Å². The number of hydrogen-bond acceptors (Lipinski definition) is 3. The summed E-state index contributed by atoms with van der Waals surface area (Å²) in [4.78, 5) is 12.0. The summed E-state index contributed by atoms with van der Waals surface area (Å²) in [7, 11) is 0. The number of rotatable bonds is 5. The van der Waals surface area contributed by atoms with Gasteiger partial charge in [-0.2, -0.15) is 0 Å². The Hall–Kier alpha value is -2.33. The molecule has 0 aliphatic heterocycles. The number of carbonyl (C=O) groups is 1. The van der Waals surface area contributed by atoms with Crippen LogP contribution in [0.4, 0.5) is 5.69 Å². The summed E-state index contributed by atoms with van der Waals surface area (Å²) in [5.41, 5.74) is 4.83. The van der Waals surface area contributed by atoms with E-state index < -0.39 is 0 Å². The molecule has 0 radical (unpaired) electrons. The van der Waals surface area contributed by atoms with Crippen LogP contribution in [0.3, 0.4) is 0 Å². The van der Waals surface area contributed by atoms with E-state index in [1.807, 2.05) is 32.9 Å². The minimum absolute atomic E-state index is 0.0504. The van der Waals surface area contributed by atoms with Crippen molar-refractivity contribution >= 4 is 11.6 Å². The average Bonchev–Trinajstić information content (AvgIpc) is 2.49. The maximum atomic E-state index is 12.0. The van der Waals surface area contributed by atoms with E-state index in [0.29, 0.717) is 5.75 Å². The summed E-state index contributed by atoms with van der Waals surface area (Å²) in [5, 5.41) is 12.0. The van der Waals surface area contributed by atoms with Gasteiger partial charge in [0.2, 0.25) is 0 Å². The molecule has 0 aliphatic rings. The Kier molecular flexibility index (Phi) is 5.17. The quantitative estimate of drug-likeness (QED) is 0.892. The summed E-state index contributed by atoms with van der Waals surface area (Å²) in [6, 6.07) is 11.1. The highest BCUT2D eigenvalue weighted by Crippen LogP contribution is 2.22. The molecule has 0 aliphatic carbocycles. The smallest absolute Gasteiger partial charge is 0.262 e. The molecule has 0 fully saturated rings. The molecule has 0 atom stereocenters. The van der Waals surface area contributed by atoms with Gasteiger partial charge in [-0.25, -0.2) is 0 Å². The van der Waals surface area contributed by atoms with Crippen molar-refractivity contribution in [1.29, 1.82) is 0 Å². The predicted molar refractivity (Wildman–Crippen MR) is 87.1 cm³/mol. The molecule has 2 aromatic rings. The monoisotopic (exact) mass is 299 g/mol. The number of carbonyl (C=O) groups excluding carboxylic acids is 1. The van der Waals surface area contributed by atoms with Gasteiger partial charge in [0.05, 0.1) is 6.61 Å². The molecule has 4 nitrogen and oxygen atoms in total. The van der Waals surface area contributed by atoms with Gasteiger partial charge in [0, 0.05) is 5.69 Å². The molecule has 0 saturated heterocycles. The Bertz CT molecular complexity index is 657. The number of anilines is 1. The van der Waals surface area contributed by atoms with Crippen molar-refractivity contribution in [3.63, 3.8) is 0 Å².